The van der Waals surface area contributed by atoms with Crippen molar-refractivity contribution in [3.05, 3.63) is 119 Å². The van der Waals surface area contributed by atoms with E-state index in [0.717, 1.165) is 0 Å². The highest BCUT2D eigenvalue weighted by Gasteiger charge is 2.53. The molecule has 0 bridgehead atoms. The van der Waals surface area contributed by atoms with E-state index >= 15 is 0 Å². The number of piperidine rings is 1. The van der Waals surface area contributed by atoms with Crippen LogP contribution >= 0.6 is 0 Å². The third-order valence-electron chi connectivity index (χ3n) is 8.74. The normalized spacial score (nSPS) is 20.6. The number of likely N-dealkylation sites (tertiary alicyclic amines) is 1. The van der Waals surface area contributed by atoms with Crippen molar-refractivity contribution in [2.24, 2.45) is 0 Å². The molecule has 0 spiro atoms. The van der Waals surface area contributed by atoms with Gasteiger partial charge in [-0.3, -0.25) is 4.90 Å². The minimum atomic E-state index is -5.03. The van der Waals surface area contributed by atoms with E-state index in [9.17, 15) is 36.4 Å². The number of hydrogen-bond donors (Lipinski definition) is 0. The van der Waals surface area contributed by atoms with E-state index in [4.69, 9.17) is 9.47 Å². The highest BCUT2D eigenvalue weighted by Crippen LogP contribution is 2.46. The van der Waals surface area contributed by atoms with Crippen LogP contribution in [0.2, 0.25) is 0 Å². The molecule has 0 saturated carbocycles. The number of nitriles is 1. The van der Waals surface area contributed by atoms with Crippen LogP contribution in [0.3, 0.4) is 0 Å². The number of ether oxygens (including phenoxy) is 2. The summed E-state index contributed by atoms with van der Waals surface area (Å²) in [5.74, 6) is 0. The van der Waals surface area contributed by atoms with Crippen LogP contribution in [-0.2, 0) is 39.5 Å². The van der Waals surface area contributed by atoms with Gasteiger partial charge in [-0.05, 0) is 54.7 Å². The fourth-order valence-corrected chi connectivity index (χ4v) is 6.03. The van der Waals surface area contributed by atoms with Gasteiger partial charge in [0.25, 0.3) is 0 Å². The van der Waals surface area contributed by atoms with Crippen molar-refractivity contribution in [2.45, 2.75) is 62.3 Å². The van der Waals surface area contributed by atoms with E-state index in [1.807, 2.05) is 6.07 Å². The van der Waals surface area contributed by atoms with E-state index in [-0.39, 0.29) is 44.2 Å². The largest absolute Gasteiger partial charge is 0.445 e. The molecule has 1 amide bonds. The quantitative estimate of drug-likeness (QED) is 0.167. The molecule has 1 aliphatic heterocycles. The summed E-state index contributed by atoms with van der Waals surface area (Å²) in [5.41, 5.74) is -4.22. The number of nitrogens with zero attached hydrogens (tertiary/aromatic N) is 5. The Hall–Kier alpha value is -4.90. The monoisotopic (exact) mass is 671 g/mol. The fourth-order valence-electron chi connectivity index (χ4n) is 6.03. The molecule has 4 aromatic rings. The van der Waals surface area contributed by atoms with Crippen LogP contribution in [0.15, 0.2) is 91.5 Å². The topological polar surface area (TPSA) is 93.3 Å². The number of hydrogen-bond acceptors (Lipinski definition) is 6. The number of rotatable bonds is 9. The standard InChI is InChI=1S/C34H31F6N5O3/c1-24(26-16-28(33(35,36)37)18-29(17-26)34(38,39)40)48-21-32(27-10-6-3-7-11-27)13-12-31(14-15-41,44-22-42-43-23-44)20-45(32)30(46)47-19-25-8-4-2-5-9-25/h2-11,16-18,22-24H,12-14,19-21H2,1H3/t24-,31?,32-/m1/s1. The lowest BCUT2D eigenvalue weighted by Gasteiger charge is -2.53. The maximum absolute atomic E-state index is 14.1. The lowest BCUT2D eigenvalue weighted by atomic mass is 9.73. The number of carbonyl (C=O) groups is 1. The second kappa shape index (κ2) is 13.7. The first-order valence-electron chi connectivity index (χ1n) is 14.9. The first-order valence-corrected chi connectivity index (χ1v) is 14.9. The molecule has 0 radical (unpaired) electrons. The van der Waals surface area contributed by atoms with Gasteiger partial charge in [-0.15, -0.1) is 10.2 Å². The Morgan fingerprint density at radius 3 is 2.06 bits per heavy atom. The van der Waals surface area contributed by atoms with Gasteiger partial charge in [-0.1, -0.05) is 60.7 Å². The molecule has 1 aliphatic rings. The fraction of sp³-hybridized carbons (Fsp3) is 0.353. The molecular weight excluding hydrogens is 640 g/mol. The Morgan fingerprint density at radius 2 is 1.50 bits per heavy atom. The second-order valence-corrected chi connectivity index (χ2v) is 11.7. The summed E-state index contributed by atoms with van der Waals surface area (Å²) in [6.45, 7) is 0.884. The van der Waals surface area contributed by atoms with Gasteiger partial charge < -0.3 is 14.0 Å². The minimum Gasteiger partial charge on any atom is -0.445 e. The second-order valence-electron chi connectivity index (χ2n) is 11.7. The maximum Gasteiger partial charge on any atom is 0.416 e. The van der Waals surface area contributed by atoms with Crippen molar-refractivity contribution >= 4 is 6.09 Å². The molecule has 1 unspecified atom stereocenters. The van der Waals surface area contributed by atoms with Gasteiger partial charge in [0.15, 0.2) is 0 Å². The highest BCUT2D eigenvalue weighted by atomic mass is 19.4. The molecule has 1 fully saturated rings. The van der Waals surface area contributed by atoms with Crippen LogP contribution in [0.1, 0.15) is 60.1 Å². The van der Waals surface area contributed by atoms with Gasteiger partial charge in [0.05, 0.1) is 47.4 Å². The third-order valence-corrected chi connectivity index (χ3v) is 8.74. The molecular formula is C34H31F6N5O3. The van der Waals surface area contributed by atoms with Gasteiger partial charge in [0.1, 0.15) is 19.3 Å². The lowest BCUT2D eigenvalue weighted by Crippen LogP contribution is -2.62. The molecule has 8 nitrogen and oxygen atoms in total. The number of alkyl halides is 6. The van der Waals surface area contributed by atoms with Gasteiger partial charge >= 0.3 is 18.4 Å². The van der Waals surface area contributed by atoms with E-state index in [1.165, 1.54) is 24.5 Å². The number of carbonyl (C=O) groups excluding carboxylic acids is 1. The maximum atomic E-state index is 14.1. The Bertz CT molecular complexity index is 1700. The van der Waals surface area contributed by atoms with Crippen LogP contribution in [0, 0.1) is 11.3 Å². The molecule has 3 aromatic carbocycles. The van der Waals surface area contributed by atoms with Crippen molar-refractivity contribution < 1.29 is 40.6 Å². The van der Waals surface area contributed by atoms with Crippen LogP contribution < -0.4 is 0 Å². The van der Waals surface area contributed by atoms with Crippen LogP contribution in [0.5, 0.6) is 0 Å². The molecule has 2 heterocycles. The van der Waals surface area contributed by atoms with Crippen molar-refractivity contribution in [3.8, 4) is 6.07 Å². The molecule has 0 aliphatic carbocycles. The molecule has 252 valence electrons. The molecule has 1 aromatic heterocycles. The first-order chi connectivity index (χ1) is 22.8. The molecule has 14 heteroatoms. The third kappa shape index (κ3) is 7.31. The predicted molar refractivity (Wildman–Crippen MR) is 160 cm³/mol. The van der Waals surface area contributed by atoms with Gasteiger partial charge in [0, 0.05) is 6.54 Å². The highest BCUT2D eigenvalue weighted by molar-refractivity contribution is 5.70. The molecule has 5 rings (SSSR count). The van der Waals surface area contributed by atoms with Gasteiger partial charge in [-0.2, -0.15) is 31.6 Å². The predicted octanol–water partition coefficient (Wildman–Crippen LogP) is 8.03. The van der Waals surface area contributed by atoms with Gasteiger partial charge in [0.2, 0.25) is 0 Å². The first kappa shape index (κ1) is 34.4. The number of amides is 1. The minimum absolute atomic E-state index is 0.0277. The van der Waals surface area contributed by atoms with Crippen LogP contribution in [-0.4, -0.2) is 38.9 Å². The lowest BCUT2D eigenvalue weighted by molar-refractivity contribution is -0.143. The molecule has 1 saturated heterocycles. The zero-order chi connectivity index (χ0) is 34.6. The summed E-state index contributed by atoms with van der Waals surface area (Å²) in [6.07, 6.45) is -8.70. The number of aromatic nitrogens is 3. The average molecular weight is 672 g/mol. The summed E-state index contributed by atoms with van der Waals surface area (Å²) in [5, 5.41) is 17.6. The van der Waals surface area contributed by atoms with Crippen molar-refractivity contribution in [3.63, 3.8) is 0 Å². The Balaban J connectivity index is 1.55. The van der Waals surface area contributed by atoms with Gasteiger partial charge in [-0.25, -0.2) is 4.79 Å². The van der Waals surface area contributed by atoms with Crippen LogP contribution in [0.25, 0.3) is 0 Å². The van der Waals surface area contributed by atoms with E-state index in [1.54, 1.807) is 59.2 Å². The van der Waals surface area contributed by atoms with E-state index in [0.29, 0.717) is 29.7 Å². The van der Waals surface area contributed by atoms with Crippen molar-refractivity contribution in [2.75, 3.05) is 13.2 Å². The van der Waals surface area contributed by atoms with Crippen LogP contribution in [0.4, 0.5) is 31.1 Å². The molecule has 48 heavy (non-hydrogen) atoms. The summed E-state index contributed by atoms with van der Waals surface area (Å²) in [7, 11) is 0. The average Bonchev–Trinajstić information content (AvgIpc) is 3.63. The molecule has 0 N–H and O–H groups in total. The van der Waals surface area contributed by atoms with Crippen molar-refractivity contribution in [1.82, 2.24) is 19.7 Å². The summed E-state index contributed by atoms with van der Waals surface area (Å²) < 4.78 is 95.5. The zero-order valence-corrected chi connectivity index (χ0v) is 25.7. The Morgan fingerprint density at radius 1 is 0.917 bits per heavy atom. The summed E-state index contributed by atoms with van der Waals surface area (Å²) in [4.78, 5) is 15.6. The number of halogens is 6. The summed E-state index contributed by atoms with van der Waals surface area (Å²) >= 11 is 0. The van der Waals surface area contributed by atoms with E-state index in [2.05, 4.69) is 16.3 Å². The molecule has 3 atom stereocenters. The number of benzene rings is 3. The smallest absolute Gasteiger partial charge is 0.416 e. The zero-order valence-electron chi connectivity index (χ0n) is 25.7. The van der Waals surface area contributed by atoms with Crippen molar-refractivity contribution in [1.29, 1.82) is 5.26 Å². The van der Waals surface area contributed by atoms with E-state index < -0.39 is 46.8 Å². The Kier molecular flexibility index (Phi) is 9.81. The SMILES string of the molecule is C[C@@H](OC[C@@]1(c2ccccc2)CCC(CC#N)(n2cnnc2)CN1C(=O)OCc1ccccc1)c1cc(C(F)(F)F)cc(C(F)(F)F)c1. The summed E-state index contributed by atoms with van der Waals surface area (Å²) in [6, 6.07) is 21.2. The Labute approximate surface area is 272 Å².